The van der Waals surface area contributed by atoms with Crippen LogP contribution in [0.15, 0.2) is 15.9 Å². The summed E-state index contributed by atoms with van der Waals surface area (Å²) in [6, 6.07) is 3.94. The van der Waals surface area contributed by atoms with Crippen molar-refractivity contribution in [1.29, 1.82) is 0 Å². The maximum atomic E-state index is 11.6. The van der Waals surface area contributed by atoms with E-state index in [1.807, 2.05) is 12.1 Å². The number of halogens is 1. The number of anilines is 1. The molecule has 1 aliphatic heterocycles. The van der Waals surface area contributed by atoms with Crippen molar-refractivity contribution in [2.45, 2.75) is 0 Å². The van der Waals surface area contributed by atoms with Gasteiger partial charge in [0.25, 0.3) is 0 Å². The Morgan fingerprint density at radius 3 is 2.88 bits per heavy atom. The van der Waals surface area contributed by atoms with Gasteiger partial charge in [0.15, 0.2) is 0 Å². The molecule has 0 spiro atoms. The van der Waals surface area contributed by atoms with E-state index in [1.54, 1.807) is 11.3 Å². The first-order valence-corrected chi connectivity index (χ1v) is 6.43. The highest BCUT2D eigenvalue weighted by atomic mass is 79.9. The van der Waals surface area contributed by atoms with Crippen LogP contribution >= 0.6 is 27.3 Å². The van der Waals surface area contributed by atoms with Gasteiger partial charge in [-0.05, 0) is 28.1 Å². The van der Waals surface area contributed by atoms with E-state index in [0.29, 0.717) is 19.8 Å². The van der Waals surface area contributed by atoms with Gasteiger partial charge in [0.2, 0.25) is 0 Å². The summed E-state index contributed by atoms with van der Waals surface area (Å²) in [6.45, 7) is 1.41. The third-order valence-corrected chi connectivity index (χ3v) is 4.13. The van der Waals surface area contributed by atoms with E-state index in [4.69, 9.17) is 9.47 Å². The fourth-order valence-corrected chi connectivity index (χ4v) is 2.80. The number of nitrogens with one attached hydrogen (secondary N) is 1. The lowest BCUT2D eigenvalue weighted by molar-refractivity contribution is -0.180. The molecule has 1 aromatic heterocycles. The summed E-state index contributed by atoms with van der Waals surface area (Å²) in [5, 5.41) is 4.26. The molecular weight excluding hydrogens is 294 g/mol. The van der Waals surface area contributed by atoms with E-state index >= 15 is 0 Å². The van der Waals surface area contributed by atoms with Crippen molar-refractivity contribution in [2.24, 2.45) is 5.41 Å². The van der Waals surface area contributed by atoms with E-state index in [0.717, 1.165) is 8.79 Å². The molecule has 2 heterocycles. The zero-order valence-corrected chi connectivity index (χ0v) is 11.2. The van der Waals surface area contributed by atoms with Gasteiger partial charge in [-0.2, -0.15) is 0 Å². The van der Waals surface area contributed by atoms with Crippen molar-refractivity contribution in [3.05, 3.63) is 15.9 Å². The fourth-order valence-electron chi connectivity index (χ4n) is 1.52. The fraction of sp³-hybridized carbons (Fsp3) is 0.500. The molecule has 0 bridgehead atoms. The summed E-state index contributed by atoms with van der Waals surface area (Å²) in [4.78, 5) is 11.6. The monoisotopic (exact) mass is 305 g/mol. The molecule has 1 aliphatic rings. The molecular formula is C10H12BrNO3S. The molecule has 1 saturated heterocycles. The lowest BCUT2D eigenvalue weighted by Gasteiger charge is -2.38. The molecule has 16 heavy (non-hydrogen) atoms. The van der Waals surface area contributed by atoms with Crippen LogP contribution in [-0.4, -0.2) is 32.8 Å². The lowest BCUT2D eigenvalue weighted by atomic mass is 9.86. The largest absolute Gasteiger partial charge is 0.468 e. The normalized spacial score (nSPS) is 17.6. The number of carbonyl (C=O) groups is 1. The molecule has 1 N–H and O–H groups in total. The van der Waals surface area contributed by atoms with Crippen LogP contribution in [0.3, 0.4) is 0 Å². The summed E-state index contributed by atoms with van der Waals surface area (Å²) in [5.41, 5.74) is -0.509. The van der Waals surface area contributed by atoms with E-state index in [9.17, 15) is 4.79 Å². The van der Waals surface area contributed by atoms with Crippen molar-refractivity contribution >= 4 is 38.2 Å². The first-order valence-electron chi connectivity index (χ1n) is 4.82. The average molecular weight is 306 g/mol. The first kappa shape index (κ1) is 11.9. The minimum atomic E-state index is -0.509. The summed E-state index contributed by atoms with van der Waals surface area (Å²) in [7, 11) is 1.41. The quantitative estimate of drug-likeness (QED) is 0.866. The number of thiophene rings is 1. The molecule has 4 nitrogen and oxygen atoms in total. The van der Waals surface area contributed by atoms with E-state index in [2.05, 4.69) is 21.2 Å². The molecule has 1 aromatic rings. The van der Waals surface area contributed by atoms with Crippen LogP contribution in [0.2, 0.25) is 0 Å². The maximum Gasteiger partial charge on any atom is 0.318 e. The molecule has 0 atom stereocenters. The number of ether oxygens (including phenoxy) is 2. The number of esters is 1. The zero-order valence-electron chi connectivity index (χ0n) is 8.79. The summed E-state index contributed by atoms with van der Waals surface area (Å²) in [5.74, 6) is -0.207. The van der Waals surface area contributed by atoms with Gasteiger partial charge in [0, 0.05) is 6.54 Å². The smallest absolute Gasteiger partial charge is 0.318 e. The highest BCUT2D eigenvalue weighted by molar-refractivity contribution is 9.11. The minimum Gasteiger partial charge on any atom is -0.468 e. The second-order valence-corrected chi connectivity index (χ2v) is 6.19. The standard InChI is InChI=1S/C10H12BrNO3S/c1-14-9(13)10(5-15-6-10)4-12-8-3-2-7(11)16-8/h2-3,12H,4-6H2,1H3. The summed E-state index contributed by atoms with van der Waals surface area (Å²) < 4.78 is 11.0. The van der Waals surface area contributed by atoms with Crippen LogP contribution in [0.5, 0.6) is 0 Å². The van der Waals surface area contributed by atoms with Crippen molar-refractivity contribution in [3.8, 4) is 0 Å². The third-order valence-electron chi connectivity index (χ3n) is 2.55. The van der Waals surface area contributed by atoms with Gasteiger partial charge < -0.3 is 14.8 Å². The number of rotatable bonds is 4. The Morgan fingerprint density at radius 1 is 1.69 bits per heavy atom. The van der Waals surface area contributed by atoms with Gasteiger partial charge >= 0.3 is 5.97 Å². The van der Waals surface area contributed by atoms with Gasteiger partial charge in [0.1, 0.15) is 5.41 Å². The Labute approximate surface area is 106 Å². The van der Waals surface area contributed by atoms with Crippen LogP contribution in [0.25, 0.3) is 0 Å². The van der Waals surface area contributed by atoms with E-state index < -0.39 is 5.41 Å². The predicted octanol–water partition coefficient (Wildman–Crippen LogP) is 2.11. The van der Waals surface area contributed by atoms with Gasteiger partial charge in [-0.15, -0.1) is 11.3 Å². The molecule has 88 valence electrons. The highest BCUT2D eigenvalue weighted by Gasteiger charge is 2.47. The first-order chi connectivity index (χ1) is 7.66. The average Bonchev–Trinajstić information content (AvgIpc) is 2.62. The topological polar surface area (TPSA) is 47.6 Å². The molecule has 0 saturated carbocycles. The van der Waals surface area contributed by atoms with Gasteiger partial charge in [0.05, 0.1) is 29.1 Å². The molecule has 0 unspecified atom stereocenters. The van der Waals surface area contributed by atoms with Crippen molar-refractivity contribution in [3.63, 3.8) is 0 Å². The van der Waals surface area contributed by atoms with Crippen molar-refractivity contribution in [2.75, 3.05) is 32.2 Å². The molecule has 0 aromatic carbocycles. The minimum absolute atomic E-state index is 0.207. The predicted molar refractivity (Wildman–Crippen MR) is 65.8 cm³/mol. The molecule has 0 aliphatic carbocycles. The Morgan fingerprint density at radius 2 is 2.44 bits per heavy atom. The lowest BCUT2D eigenvalue weighted by Crippen LogP contribution is -2.54. The highest BCUT2D eigenvalue weighted by Crippen LogP contribution is 2.32. The Kier molecular flexibility index (Phi) is 3.51. The number of methoxy groups -OCH3 is 1. The number of hydrogen-bond acceptors (Lipinski definition) is 5. The molecule has 6 heteroatoms. The Balaban J connectivity index is 1.95. The SMILES string of the molecule is COC(=O)C1(CNc2ccc(Br)s2)COC1. The molecule has 0 amide bonds. The van der Waals surface area contributed by atoms with Crippen molar-refractivity contribution < 1.29 is 14.3 Å². The van der Waals surface area contributed by atoms with Crippen LogP contribution < -0.4 is 5.32 Å². The summed E-state index contributed by atoms with van der Waals surface area (Å²) >= 11 is 4.98. The maximum absolute atomic E-state index is 11.6. The summed E-state index contributed by atoms with van der Waals surface area (Å²) in [6.07, 6.45) is 0. The third kappa shape index (κ3) is 2.23. The number of carbonyl (C=O) groups excluding carboxylic acids is 1. The van der Waals surface area contributed by atoms with Gasteiger partial charge in [-0.1, -0.05) is 0 Å². The van der Waals surface area contributed by atoms with Crippen LogP contribution in [0, 0.1) is 5.41 Å². The van der Waals surface area contributed by atoms with Gasteiger partial charge in [-0.25, -0.2) is 0 Å². The van der Waals surface area contributed by atoms with E-state index in [1.165, 1.54) is 7.11 Å². The second kappa shape index (κ2) is 4.73. The zero-order chi connectivity index (χ0) is 11.6. The van der Waals surface area contributed by atoms with Crippen LogP contribution in [0.4, 0.5) is 5.00 Å². The van der Waals surface area contributed by atoms with Crippen LogP contribution in [0.1, 0.15) is 0 Å². The van der Waals surface area contributed by atoms with E-state index in [-0.39, 0.29) is 5.97 Å². The number of hydrogen-bond donors (Lipinski definition) is 1. The molecule has 2 rings (SSSR count). The Hall–Kier alpha value is -0.590. The Bertz CT molecular complexity index is 389. The van der Waals surface area contributed by atoms with Gasteiger partial charge in [-0.3, -0.25) is 4.79 Å². The molecule has 0 radical (unpaired) electrons. The molecule has 1 fully saturated rings. The second-order valence-electron chi connectivity index (χ2n) is 3.72. The van der Waals surface area contributed by atoms with Crippen LogP contribution in [-0.2, 0) is 14.3 Å². The van der Waals surface area contributed by atoms with Crippen molar-refractivity contribution in [1.82, 2.24) is 0 Å².